The van der Waals surface area contributed by atoms with Crippen LogP contribution in [-0.4, -0.2) is 43.0 Å². The van der Waals surface area contributed by atoms with Crippen LogP contribution in [0.25, 0.3) is 0 Å². The van der Waals surface area contributed by atoms with E-state index in [9.17, 15) is 4.79 Å². The number of fused-ring (bicyclic) bond motifs is 2. The van der Waals surface area contributed by atoms with Crippen LogP contribution in [-0.2, 0) is 9.47 Å². The Balaban J connectivity index is 1.32. The van der Waals surface area contributed by atoms with Gasteiger partial charge in [0.1, 0.15) is 0 Å². The fraction of sp³-hybridized carbons (Fsp3) is 0.941. The van der Waals surface area contributed by atoms with Crippen LogP contribution in [0.4, 0.5) is 4.79 Å². The van der Waals surface area contributed by atoms with Crippen molar-refractivity contribution in [2.75, 3.05) is 6.61 Å². The predicted molar refractivity (Wildman–Crippen MR) is 82.7 cm³/mol. The van der Waals surface area contributed by atoms with Gasteiger partial charge in [-0.2, -0.15) is 0 Å². The molecule has 2 N–H and O–H groups in total. The largest absolute Gasteiger partial charge is 0.378 e. The normalized spacial score (nSPS) is 41.6. The Morgan fingerprint density at radius 1 is 1.23 bits per heavy atom. The molecule has 22 heavy (non-hydrogen) atoms. The summed E-state index contributed by atoms with van der Waals surface area (Å²) in [6.45, 7) is 2.83. The highest BCUT2D eigenvalue weighted by atomic mass is 16.5. The molecule has 0 aromatic rings. The van der Waals surface area contributed by atoms with Crippen LogP contribution < -0.4 is 10.6 Å². The maximum atomic E-state index is 12.4. The van der Waals surface area contributed by atoms with E-state index in [-0.39, 0.29) is 29.6 Å². The molecular weight excluding hydrogens is 280 g/mol. The summed E-state index contributed by atoms with van der Waals surface area (Å²) in [7, 11) is 0. The van der Waals surface area contributed by atoms with Crippen LogP contribution in [0.3, 0.4) is 0 Å². The summed E-state index contributed by atoms with van der Waals surface area (Å²) >= 11 is 0. The van der Waals surface area contributed by atoms with Crippen molar-refractivity contribution in [2.24, 2.45) is 5.41 Å². The van der Waals surface area contributed by atoms with E-state index in [4.69, 9.17) is 9.47 Å². The molecule has 124 valence electrons. The van der Waals surface area contributed by atoms with Crippen molar-refractivity contribution in [3.8, 4) is 0 Å². The molecular formula is C17H28N2O3. The molecule has 4 aliphatic rings. The number of carbonyl (C=O) groups excluding carboxylic acids is 1. The minimum Gasteiger partial charge on any atom is -0.378 e. The topological polar surface area (TPSA) is 59.6 Å². The van der Waals surface area contributed by atoms with Crippen molar-refractivity contribution in [1.82, 2.24) is 10.6 Å². The van der Waals surface area contributed by atoms with Gasteiger partial charge in [0.15, 0.2) is 0 Å². The lowest BCUT2D eigenvalue weighted by atomic mass is 9.60. The number of carbonyl (C=O) groups is 1. The maximum Gasteiger partial charge on any atom is 0.315 e. The average Bonchev–Trinajstić information content (AvgIpc) is 3.23. The molecule has 2 aliphatic carbocycles. The number of ether oxygens (including phenoxy) is 2. The second-order valence-corrected chi connectivity index (χ2v) is 7.51. The Kier molecular flexibility index (Phi) is 3.81. The summed E-state index contributed by atoms with van der Waals surface area (Å²) in [4.78, 5) is 12.4. The van der Waals surface area contributed by atoms with Gasteiger partial charge in [0.25, 0.3) is 0 Å². The summed E-state index contributed by atoms with van der Waals surface area (Å²) < 4.78 is 11.7. The second kappa shape index (κ2) is 5.68. The molecule has 0 unspecified atom stereocenters. The Morgan fingerprint density at radius 3 is 2.68 bits per heavy atom. The molecule has 4 fully saturated rings. The summed E-state index contributed by atoms with van der Waals surface area (Å²) in [6, 6.07) is 0.486. The molecule has 2 heterocycles. The summed E-state index contributed by atoms with van der Waals surface area (Å²) in [5.41, 5.74) is 0.207. The van der Waals surface area contributed by atoms with E-state index in [0.717, 1.165) is 32.3 Å². The standard InChI is InChI=1S/C17H28N2O3/c1-2-21-15-10-14(17(15)7-3-4-8-17)19-16(20)18-12-9-11-5-6-13(12)22-11/h11-15H,2-10H2,1H3,(H2,18,19,20)/t11-,12-,13-,14-,15-/m1/s1. The van der Waals surface area contributed by atoms with Crippen LogP contribution >= 0.6 is 0 Å². The van der Waals surface area contributed by atoms with E-state index in [1.54, 1.807) is 0 Å². The first-order chi connectivity index (χ1) is 10.7. The van der Waals surface area contributed by atoms with E-state index in [1.165, 1.54) is 25.7 Å². The number of hydrogen-bond donors (Lipinski definition) is 2. The van der Waals surface area contributed by atoms with E-state index in [0.29, 0.717) is 12.2 Å². The molecule has 1 spiro atoms. The van der Waals surface area contributed by atoms with Gasteiger partial charge in [-0.15, -0.1) is 0 Å². The number of amides is 2. The monoisotopic (exact) mass is 308 g/mol. The third kappa shape index (κ3) is 2.33. The van der Waals surface area contributed by atoms with Gasteiger partial charge >= 0.3 is 6.03 Å². The fourth-order valence-corrected chi connectivity index (χ4v) is 5.25. The molecule has 0 aromatic carbocycles. The van der Waals surface area contributed by atoms with E-state index in [2.05, 4.69) is 17.6 Å². The Hall–Kier alpha value is -0.810. The molecule has 5 atom stereocenters. The maximum absolute atomic E-state index is 12.4. The fourth-order valence-electron chi connectivity index (χ4n) is 5.25. The van der Waals surface area contributed by atoms with E-state index >= 15 is 0 Å². The summed E-state index contributed by atoms with van der Waals surface area (Å²) in [5.74, 6) is 0. The minimum atomic E-state index is -0.00706. The summed E-state index contributed by atoms with van der Waals surface area (Å²) in [6.07, 6.45) is 10.1. The van der Waals surface area contributed by atoms with Crippen molar-refractivity contribution in [3.63, 3.8) is 0 Å². The molecule has 4 rings (SSSR count). The lowest BCUT2D eigenvalue weighted by Gasteiger charge is -2.54. The van der Waals surface area contributed by atoms with Crippen molar-refractivity contribution >= 4 is 6.03 Å². The predicted octanol–water partition coefficient (Wildman–Crippen LogP) is 2.34. The third-order valence-corrected chi connectivity index (χ3v) is 6.42. The number of nitrogens with one attached hydrogen (secondary N) is 2. The van der Waals surface area contributed by atoms with Crippen molar-refractivity contribution in [1.29, 1.82) is 0 Å². The highest BCUT2D eigenvalue weighted by Gasteiger charge is 2.57. The van der Waals surface area contributed by atoms with E-state index < -0.39 is 0 Å². The van der Waals surface area contributed by atoms with Gasteiger partial charge in [-0.1, -0.05) is 12.8 Å². The lowest BCUT2D eigenvalue weighted by molar-refractivity contribution is -0.126. The molecule has 0 radical (unpaired) electrons. The van der Waals surface area contributed by atoms with Gasteiger partial charge in [0.2, 0.25) is 0 Å². The van der Waals surface area contributed by atoms with Crippen LogP contribution in [0, 0.1) is 5.41 Å². The number of hydrogen-bond acceptors (Lipinski definition) is 3. The first-order valence-corrected chi connectivity index (χ1v) is 9.05. The molecule has 2 saturated carbocycles. The first-order valence-electron chi connectivity index (χ1n) is 9.05. The Bertz CT molecular complexity index is 436. The van der Waals surface area contributed by atoms with Crippen LogP contribution in [0.5, 0.6) is 0 Å². The zero-order valence-corrected chi connectivity index (χ0v) is 13.5. The molecule has 0 aromatic heterocycles. The second-order valence-electron chi connectivity index (χ2n) is 7.51. The van der Waals surface area contributed by atoms with Gasteiger partial charge in [0, 0.05) is 18.1 Å². The SMILES string of the molecule is CCO[C@@H]1C[C@@H](NC(=O)N[C@@H]2C[C@H]3CC[C@H]2O3)C12CCCC2. The smallest absolute Gasteiger partial charge is 0.315 e. The highest BCUT2D eigenvalue weighted by Crippen LogP contribution is 2.54. The van der Waals surface area contributed by atoms with Gasteiger partial charge < -0.3 is 20.1 Å². The summed E-state index contributed by atoms with van der Waals surface area (Å²) in [5, 5.41) is 6.39. The Morgan fingerprint density at radius 2 is 2.05 bits per heavy atom. The molecule has 5 heteroatoms. The number of urea groups is 1. The van der Waals surface area contributed by atoms with Gasteiger partial charge in [-0.05, 0) is 45.4 Å². The lowest BCUT2D eigenvalue weighted by Crippen LogP contribution is -2.65. The van der Waals surface area contributed by atoms with Gasteiger partial charge in [-0.3, -0.25) is 0 Å². The third-order valence-electron chi connectivity index (χ3n) is 6.42. The quantitative estimate of drug-likeness (QED) is 0.838. The molecule has 5 nitrogen and oxygen atoms in total. The van der Waals surface area contributed by atoms with Gasteiger partial charge in [0.05, 0.1) is 24.4 Å². The van der Waals surface area contributed by atoms with Crippen molar-refractivity contribution in [3.05, 3.63) is 0 Å². The minimum absolute atomic E-state index is 0.00706. The molecule has 2 aliphatic heterocycles. The zero-order valence-electron chi connectivity index (χ0n) is 13.5. The number of rotatable bonds is 4. The molecule has 2 saturated heterocycles. The Labute approximate surface area is 132 Å². The van der Waals surface area contributed by atoms with Gasteiger partial charge in [-0.25, -0.2) is 4.79 Å². The van der Waals surface area contributed by atoms with Crippen LogP contribution in [0.15, 0.2) is 0 Å². The average molecular weight is 308 g/mol. The van der Waals surface area contributed by atoms with Crippen molar-refractivity contribution < 1.29 is 14.3 Å². The molecule has 2 amide bonds. The zero-order chi connectivity index (χ0) is 15.2. The van der Waals surface area contributed by atoms with E-state index in [1.807, 2.05) is 0 Å². The van der Waals surface area contributed by atoms with Crippen LogP contribution in [0.2, 0.25) is 0 Å². The highest BCUT2D eigenvalue weighted by molar-refractivity contribution is 5.75. The molecule has 2 bridgehead atoms. The first kappa shape index (κ1) is 14.8. The van der Waals surface area contributed by atoms with Crippen LogP contribution in [0.1, 0.15) is 58.3 Å². The van der Waals surface area contributed by atoms with Crippen molar-refractivity contribution in [2.45, 2.75) is 88.7 Å².